The minimum Gasteiger partial charge on any atom is -0.371 e. The normalized spacial score (nSPS) is 19.4. The van der Waals surface area contributed by atoms with Gasteiger partial charge in [-0.05, 0) is 225 Å². The molecule has 0 radical (unpaired) electrons. The van der Waals surface area contributed by atoms with Crippen LogP contribution in [-0.2, 0) is 28.2 Å². The number of hydrogen-bond acceptors (Lipinski definition) is 18. The molecule has 22 nitrogen and oxygen atoms in total. The number of fused-ring (bicyclic) bond motifs is 7. The Balaban J connectivity index is 0.000000464. The van der Waals surface area contributed by atoms with Crippen molar-refractivity contribution >= 4 is 73.0 Å². The van der Waals surface area contributed by atoms with E-state index in [1.807, 2.05) is 158 Å². The molecule has 0 spiro atoms. The van der Waals surface area contributed by atoms with Crippen LogP contribution in [0.2, 0.25) is 0 Å². The molecule has 6 atom stereocenters. The molecular weight excluding hydrogens is 1560 g/mol. The molecule has 10 aromatic rings. The number of likely N-dealkylation sites (tertiary alicyclic amines) is 1. The van der Waals surface area contributed by atoms with Gasteiger partial charge in [0, 0.05) is 184 Å². The lowest BCUT2D eigenvalue weighted by Gasteiger charge is -2.25. The zero-order chi connectivity index (χ0) is 95.5. The van der Waals surface area contributed by atoms with E-state index in [0.717, 1.165) is 65.8 Å². The van der Waals surface area contributed by atoms with Gasteiger partial charge in [0.05, 0.1) is 64.0 Å². The summed E-state index contributed by atoms with van der Waals surface area (Å²) in [5.74, 6) is 3.98. The minimum absolute atomic E-state index is 0.474. The van der Waals surface area contributed by atoms with Gasteiger partial charge in [-0.2, -0.15) is 5.10 Å². The van der Waals surface area contributed by atoms with Crippen LogP contribution in [0.5, 0.6) is 0 Å². The fraction of sp³-hybridized carbons (Fsp3) is 0.558. The van der Waals surface area contributed by atoms with E-state index in [1.54, 1.807) is 4.68 Å². The summed E-state index contributed by atoms with van der Waals surface area (Å²) >= 11 is 0. The largest absolute Gasteiger partial charge is 0.371 e. The van der Waals surface area contributed by atoms with Gasteiger partial charge in [0.2, 0.25) is 0 Å². The van der Waals surface area contributed by atoms with E-state index in [9.17, 15) is 0 Å². The highest BCUT2D eigenvalue weighted by Gasteiger charge is 2.35. The first-order chi connectivity index (χ1) is 60.0. The second-order valence-electron chi connectivity index (χ2n) is 32.7. The van der Waals surface area contributed by atoms with Crippen molar-refractivity contribution in [2.75, 3.05) is 132 Å². The fourth-order valence-corrected chi connectivity index (χ4v) is 15.2. The molecule has 12 heterocycles. The van der Waals surface area contributed by atoms with E-state index >= 15 is 0 Å². The maximum Gasteiger partial charge on any atom is 0.113 e. The van der Waals surface area contributed by atoms with Crippen LogP contribution in [0.1, 0.15) is 199 Å². The van der Waals surface area contributed by atoms with Crippen molar-refractivity contribution in [3.8, 4) is 0 Å². The van der Waals surface area contributed by atoms with E-state index in [2.05, 4.69) is 382 Å². The Kier molecular flexibility index (Phi) is 51.8. The number of rotatable bonds is 0. The van der Waals surface area contributed by atoms with Crippen LogP contribution in [0.4, 0.5) is 17.1 Å². The molecule has 0 saturated carbocycles. The van der Waals surface area contributed by atoms with E-state index in [4.69, 9.17) is 0 Å². The van der Waals surface area contributed by atoms with Crippen LogP contribution >= 0.6 is 0 Å². The topological polar surface area (TPSA) is 158 Å². The molecule has 18 rings (SSSR count). The highest BCUT2D eigenvalue weighted by atomic mass is 15.4. The minimum atomic E-state index is 0.474. The molecule has 8 aliphatic heterocycles. The Morgan fingerprint density at radius 2 is 0.786 bits per heavy atom. The molecule has 22 heteroatoms. The highest BCUT2D eigenvalue weighted by Crippen LogP contribution is 2.40. The maximum atomic E-state index is 4.50. The predicted molar refractivity (Wildman–Crippen MR) is 554 cm³/mol. The number of benzene rings is 6. The van der Waals surface area contributed by atoms with E-state index in [0.29, 0.717) is 54.6 Å². The lowest BCUT2D eigenvalue weighted by molar-refractivity contribution is 0.185. The standard InChI is InChI=1S/C13H11N.C11H15N.C10H14N2.C9H10N2.C8H18N2.C8H16N2.C7H7N3.C7H14N2.C7H12N2.C6H13N.C5H9N.C4H8N2.4C2H6.CH5N/c1-14-12-8-4-2-6-10(12)11-7-3-5-9-13(11)14;1-8-9(2)12(3)11-7-5-4-6-10(8)11;1-8-11(2)9-6-4-5-7-10(9)12(8)3;1-7-10-8-5-3-4-6-9(8)11(7)2;2*1-6-7(2)10(5)8(3)9(6)4;1-10-7-5-3-2-4-6(7)8-9-10;2*1-5-6(2)9(4)7(3)8-5;1-7-5-3-2-4-6-7;2*1-6-4-2-3-5-6;5*1-2/h2-9H,1H3;4-9H,1-3H3;4-8H,1-3H3;3-6H,1-2H3;6-8H,1-5H3;8H,1-5H3;2-5H,1H3;5-6H,1-4H3;1-4H3;2-6H2,1H3;2-3H,4-5H2,1H3;3H,2,4H2,1H3;4*1-2H3;2H2,1H3. The van der Waals surface area contributed by atoms with E-state index < -0.39 is 0 Å². The molecule has 4 aromatic heterocycles. The lowest BCUT2D eigenvalue weighted by Crippen LogP contribution is -2.35. The Labute approximate surface area is 766 Å². The first-order valence-corrected chi connectivity index (χ1v) is 46.6. The summed E-state index contributed by atoms with van der Waals surface area (Å²) < 4.78 is 8.19. The molecular formula is C104H176N22. The van der Waals surface area contributed by atoms with Crippen molar-refractivity contribution in [2.24, 2.45) is 44.0 Å². The van der Waals surface area contributed by atoms with Crippen molar-refractivity contribution in [1.29, 1.82) is 0 Å². The number of hydrazone groups is 1. The van der Waals surface area contributed by atoms with Crippen LogP contribution in [-0.4, -0.2) is 256 Å². The van der Waals surface area contributed by atoms with Crippen LogP contribution in [0, 0.1) is 27.7 Å². The van der Waals surface area contributed by atoms with Crippen molar-refractivity contribution in [3.05, 3.63) is 198 Å². The molecule has 126 heavy (non-hydrogen) atoms. The van der Waals surface area contributed by atoms with E-state index in [-0.39, 0.29) is 0 Å². The Bertz CT molecular complexity index is 4520. The first kappa shape index (κ1) is 112. The molecule has 0 aliphatic carbocycles. The number of piperidine rings is 1. The number of para-hydroxylation sites is 8. The van der Waals surface area contributed by atoms with E-state index in [1.165, 1.54) is 106 Å². The summed E-state index contributed by atoms with van der Waals surface area (Å²) in [6.45, 7) is 56.7. The lowest BCUT2D eigenvalue weighted by atomic mass is 9.99. The molecule has 0 bridgehead atoms. The van der Waals surface area contributed by atoms with Gasteiger partial charge in [0.15, 0.2) is 0 Å². The van der Waals surface area contributed by atoms with Gasteiger partial charge in [-0.3, -0.25) is 19.7 Å². The van der Waals surface area contributed by atoms with Crippen molar-refractivity contribution in [1.82, 2.24) is 78.0 Å². The number of likely N-dealkylation sites (N-methyl/N-ethyl adjacent to an activating group) is 5. The number of aromatic nitrogens is 8. The number of imidazole rings is 2. The number of nitrogens with two attached hydrogens (primary N) is 1. The summed E-state index contributed by atoms with van der Waals surface area (Å²) in [4.78, 5) is 36.2. The zero-order valence-electron chi connectivity index (χ0n) is 86.6. The summed E-state index contributed by atoms with van der Waals surface area (Å²) in [6, 6.07) is 53.3. The molecule has 6 aromatic carbocycles. The van der Waals surface area contributed by atoms with Crippen molar-refractivity contribution < 1.29 is 0 Å². The second kappa shape index (κ2) is 58.0. The number of hydrogen-bond donors (Lipinski definition) is 1. The smallest absolute Gasteiger partial charge is 0.113 e. The van der Waals surface area contributed by atoms with Gasteiger partial charge in [-0.15, -0.1) is 5.10 Å². The summed E-state index contributed by atoms with van der Waals surface area (Å²) in [6.07, 6.45) is 13.3. The Morgan fingerprint density at radius 3 is 1.10 bits per heavy atom. The summed E-state index contributed by atoms with van der Waals surface area (Å²) in [5.41, 5.74) is 22.1. The highest BCUT2D eigenvalue weighted by molar-refractivity contribution is 6.07. The number of aliphatic imine (C=N–C) groups is 1. The molecule has 702 valence electrons. The molecule has 0 amide bonds. The van der Waals surface area contributed by atoms with Gasteiger partial charge in [-0.25, -0.2) is 14.6 Å². The number of allylic oxidation sites excluding steroid dienone is 2. The van der Waals surface area contributed by atoms with Gasteiger partial charge in [0.1, 0.15) is 17.2 Å². The number of amidine groups is 1. The van der Waals surface area contributed by atoms with Crippen molar-refractivity contribution in [2.45, 2.75) is 246 Å². The quantitative estimate of drug-likeness (QED) is 0.143. The maximum absolute atomic E-state index is 4.50. The van der Waals surface area contributed by atoms with Crippen LogP contribution < -0.4 is 20.4 Å². The van der Waals surface area contributed by atoms with Gasteiger partial charge >= 0.3 is 0 Å². The Hall–Kier alpha value is -9.58. The third kappa shape index (κ3) is 31.7. The number of aryl methyl sites for hydroxylation is 6. The molecule has 2 fully saturated rings. The van der Waals surface area contributed by atoms with Crippen LogP contribution in [0.15, 0.2) is 179 Å². The second-order valence-corrected chi connectivity index (χ2v) is 32.7. The SMILES string of the molecule is CC.CC.CC.CC.CC1=C(C)N(C)C(C)N1C.CC1=NC(C)C(C)N1C.CC1C(C)N(C)C(C)N1C.CC1N(C)c2ccccc2N1C.CC1c2ccccc2N(C)C1C.CN.CN1CC=CC1.CN1CCC=N1.CN1CCCCC1.Cc1nc(C)n(C)c1C.Cc1nc2ccccc2n1C.Cn1c2ccccc2c2ccccc21.Cn1nnc2ccccc21. The van der Waals surface area contributed by atoms with Gasteiger partial charge in [-0.1, -0.05) is 177 Å². The van der Waals surface area contributed by atoms with Crippen molar-refractivity contribution in [3.63, 3.8) is 0 Å². The molecule has 2 N–H and O–H groups in total. The molecule has 6 unspecified atom stereocenters. The first-order valence-electron chi connectivity index (χ1n) is 46.6. The summed E-state index contributed by atoms with van der Waals surface area (Å²) in [5, 5.41) is 16.3. The molecule has 8 aliphatic rings. The molecule has 2 saturated heterocycles. The van der Waals surface area contributed by atoms with Crippen LogP contribution in [0.3, 0.4) is 0 Å². The predicted octanol–water partition coefficient (Wildman–Crippen LogP) is 21.2. The summed E-state index contributed by atoms with van der Waals surface area (Å²) in [7, 11) is 33.0. The number of anilines is 3. The third-order valence-electron chi connectivity index (χ3n) is 25.6. The fourth-order valence-electron chi connectivity index (χ4n) is 15.2. The van der Waals surface area contributed by atoms with Crippen LogP contribution in [0.25, 0.3) is 43.9 Å². The average Bonchev–Trinajstić information content (AvgIpc) is 1.63. The van der Waals surface area contributed by atoms with Gasteiger partial charge < -0.3 is 58.7 Å². The Morgan fingerprint density at radius 1 is 0.365 bits per heavy atom. The monoisotopic (exact) mass is 1730 g/mol. The third-order valence-corrected chi connectivity index (χ3v) is 25.6. The number of nitrogens with zero attached hydrogens (tertiary/aromatic N) is 21. The van der Waals surface area contributed by atoms with Gasteiger partial charge in [0.25, 0.3) is 0 Å². The average molecular weight is 1730 g/mol. The zero-order valence-corrected chi connectivity index (χ0v) is 86.6.